The number of nitrogens with zero attached hydrogens (tertiary/aromatic N) is 2. The number of rotatable bonds is 4. The molecule has 1 saturated heterocycles. The van der Waals surface area contributed by atoms with Gasteiger partial charge in [-0.1, -0.05) is 18.2 Å². The van der Waals surface area contributed by atoms with Crippen LogP contribution in [-0.2, 0) is 4.79 Å². The van der Waals surface area contributed by atoms with Gasteiger partial charge in [-0.3, -0.25) is 9.78 Å². The lowest BCUT2D eigenvalue weighted by Gasteiger charge is -2.32. The van der Waals surface area contributed by atoms with E-state index in [1.54, 1.807) is 0 Å². The van der Waals surface area contributed by atoms with E-state index in [1.165, 1.54) is 22.1 Å². The number of pyridine rings is 1. The molecule has 3 aromatic rings. The minimum Gasteiger partial charge on any atom is -0.490 e. The molecule has 4 heteroatoms. The van der Waals surface area contributed by atoms with Crippen LogP contribution in [0.3, 0.4) is 0 Å². The number of amides is 1. The Morgan fingerprint density at radius 3 is 2.52 bits per heavy atom. The molecule has 1 amide bonds. The van der Waals surface area contributed by atoms with Crippen molar-refractivity contribution in [2.75, 3.05) is 13.1 Å². The second-order valence-corrected chi connectivity index (χ2v) is 8.30. The van der Waals surface area contributed by atoms with E-state index in [0.29, 0.717) is 11.8 Å². The normalized spacial score (nSPS) is 17.5. The number of fused-ring (bicyclic) bond motifs is 1. The Bertz CT molecular complexity index is 1030. The highest BCUT2D eigenvalue weighted by molar-refractivity contribution is 5.86. The van der Waals surface area contributed by atoms with E-state index < -0.39 is 0 Å². The lowest BCUT2D eigenvalue weighted by Crippen LogP contribution is -2.42. The summed E-state index contributed by atoms with van der Waals surface area (Å²) in [5.41, 5.74) is 4.63. The largest absolute Gasteiger partial charge is 0.490 e. The summed E-state index contributed by atoms with van der Waals surface area (Å²) >= 11 is 0. The van der Waals surface area contributed by atoms with Gasteiger partial charge in [-0.15, -0.1) is 0 Å². The Hall–Kier alpha value is -2.88. The van der Waals surface area contributed by atoms with Crippen LogP contribution in [0.2, 0.25) is 0 Å². The molecule has 1 aliphatic heterocycles. The smallest absolute Gasteiger partial charge is 0.225 e. The standard InChI is InChI=1S/C25H26N2O2/c1-17-15-20-3-2-12-26-24(20)16-23(17)18-6-8-21(9-7-18)29-22-10-13-27(14-11-22)25(28)19-4-5-19/h2-3,6-9,12,15-16,19,22H,4-5,10-11,13-14H2,1H3. The van der Waals surface area contributed by atoms with E-state index in [1.807, 2.05) is 17.2 Å². The average Bonchev–Trinajstić information content (AvgIpc) is 3.59. The topological polar surface area (TPSA) is 42.4 Å². The van der Waals surface area contributed by atoms with E-state index >= 15 is 0 Å². The van der Waals surface area contributed by atoms with Crippen molar-refractivity contribution in [3.63, 3.8) is 0 Å². The zero-order valence-corrected chi connectivity index (χ0v) is 16.8. The molecule has 2 aromatic carbocycles. The van der Waals surface area contributed by atoms with Crippen LogP contribution in [0.1, 0.15) is 31.2 Å². The molecule has 0 spiro atoms. The number of carbonyl (C=O) groups excluding carboxylic acids is 1. The molecule has 0 radical (unpaired) electrons. The van der Waals surface area contributed by atoms with Crippen LogP contribution in [-0.4, -0.2) is 35.0 Å². The average molecular weight is 386 g/mol. The first-order valence-corrected chi connectivity index (χ1v) is 10.6. The fraction of sp³-hybridized carbons (Fsp3) is 0.360. The number of hydrogen-bond acceptors (Lipinski definition) is 3. The summed E-state index contributed by atoms with van der Waals surface area (Å²) in [6, 6.07) is 16.8. The maximum Gasteiger partial charge on any atom is 0.225 e. The van der Waals surface area contributed by atoms with Gasteiger partial charge >= 0.3 is 0 Å². The second kappa shape index (κ2) is 7.51. The highest BCUT2D eigenvalue weighted by Gasteiger charge is 2.35. The lowest BCUT2D eigenvalue weighted by atomic mass is 9.98. The molecule has 1 aliphatic carbocycles. The lowest BCUT2D eigenvalue weighted by molar-refractivity contribution is -0.134. The van der Waals surface area contributed by atoms with Crippen LogP contribution in [0.4, 0.5) is 0 Å². The first-order valence-electron chi connectivity index (χ1n) is 10.6. The number of ether oxygens (including phenoxy) is 1. The van der Waals surface area contributed by atoms with Crippen molar-refractivity contribution in [1.82, 2.24) is 9.88 Å². The summed E-state index contributed by atoms with van der Waals surface area (Å²) in [4.78, 5) is 18.7. The molecule has 29 heavy (non-hydrogen) atoms. The number of carbonyl (C=O) groups is 1. The van der Waals surface area contributed by atoms with Gasteiger partial charge < -0.3 is 9.64 Å². The molecule has 0 atom stereocenters. The minimum absolute atomic E-state index is 0.190. The van der Waals surface area contributed by atoms with Gasteiger partial charge in [0.05, 0.1) is 5.52 Å². The summed E-state index contributed by atoms with van der Waals surface area (Å²) < 4.78 is 6.20. The summed E-state index contributed by atoms with van der Waals surface area (Å²) in [6.07, 6.45) is 6.01. The van der Waals surface area contributed by atoms with Crippen LogP contribution in [0, 0.1) is 12.8 Å². The molecule has 4 nitrogen and oxygen atoms in total. The van der Waals surface area contributed by atoms with Crippen molar-refractivity contribution in [2.24, 2.45) is 5.92 Å². The molecule has 2 aliphatic rings. The maximum absolute atomic E-state index is 12.2. The Morgan fingerprint density at radius 2 is 1.79 bits per heavy atom. The molecular formula is C25H26N2O2. The van der Waals surface area contributed by atoms with Crippen LogP contribution < -0.4 is 4.74 Å². The summed E-state index contributed by atoms with van der Waals surface area (Å²) in [5.74, 6) is 1.57. The molecule has 1 aromatic heterocycles. The first kappa shape index (κ1) is 18.2. The molecule has 1 saturated carbocycles. The molecule has 5 rings (SSSR count). The van der Waals surface area contributed by atoms with Gasteiger partial charge in [-0.2, -0.15) is 0 Å². The van der Waals surface area contributed by atoms with Crippen molar-refractivity contribution in [1.29, 1.82) is 0 Å². The van der Waals surface area contributed by atoms with E-state index in [9.17, 15) is 4.79 Å². The van der Waals surface area contributed by atoms with Crippen molar-refractivity contribution >= 4 is 16.8 Å². The first-order chi connectivity index (χ1) is 14.2. The highest BCUT2D eigenvalue weighted by atomic mass is 16.5. The number of likely N-dealkylation sites (tertiary alicyclic amines) is 1. The maximum atomic E-state index is 12.2. The van der Waals surface area contributed by atoms with Gasteiger partial charge in [-0.05, 0) is 66.8 Å². The molecule has 0 N–H and O–H groups in total. The predicted molar refractivity (Wildman–Crippen MR) is 115 cm³/mol. The Balaban J connectivity index is 1.25. The Labute approximate surface area is 171 Å². The number of hydrogen-bond donors (Lipinski definition) is 0. The predicted octanol–water partition coefficient (Wildman–Crippen LogP) is 4.99. The number of aromatic nitrogens is 1. The summed E-state index contributed by atoms with van der Waals surface area (Å²) in [6.45, 7) is 3.78. The third kappa shape index (κ3) is 3.84. The second-order valence-electron chi connectivity index (χ2n) is 8.30. The number of benzene rings is 2. The van der Waals surface area contributed by atoms with Crippen LogP contribution in [0.5, 0.6) is 5.75 Å². The van der Waals surface area contributed by atoms with E-state index in [-0.39, 0.29) is 6.10 Å². The van der Waals surface area contributed by atoms with Gasteiger partial charge in [0.25, 0.3) is 0 Å². The Morgan fingerprint density at radius 1 is 1.03 bits per heavy atom. The van der Waals surface area contributed by atoms with E-state index in [4.69, 9.17) is 4.74 Å². The molecule has 0 unspecified atom stereocenters. The number of piperidine rings is 1. The zero-order valence-electron chi connectivity index (χ0n) is 16.8. The SMILES string of the molecule is Cc1cc2cccnc2cc1-c1ccc(OC2CCN(C(=O)C3CC3)CC2)cc1. The van der Waals surface area contributed by atoms with Crippen LogP contribution in [0.15, 0.2) is 54.7 Å². The third-order valence-corrected chi connectivity index (χ3v) is 6.10. The van der Waals surface area contributed by atoms with Crippen molar-refractivity contribution in [2.45, 2.75) is 38.7 Å². The van der Waals surface area contributed by atoms with Gasteiger partial charge in [0, 0.05) is 43.4 Å². The van der Waals surface area contributed by atoms with Gasteiger partial charge in [0.2, 0.25) is 5.91 Å². The quantitative estimate of drug-likeness (QED) is 0.634. The minimum atomic E-state index is 0.190. The molecule has 0 bridgehead atoms. The molecule has 2 fully saturated rings. The molecule has 2 heterocycles. The van der Waals surface area contributed by atoms with Crippen molar-refractivity contribution in [3.05, 3.63) is 60.3 Å². The van der Waals surface area contributed by atoms with Crippen molar-refractivity contribution < 1.29 is 9.53 Å². The van der Waals surface area contributed by atoms with Gasteiger partial charge in [0.1, 0.15) is 11.9 Å². The van der Waals surface area contributed by atoms with E-state index in [2.05, 4.69) is 54.4 Å². The third-order valence-electron chi connectivity index (χ3n) is 6.10. The fourth-order valence-corrected chi connectivity index (χ4v) is 4.23. The monoisotopic (exact) mass is 386 g/mol. The fourth-order valence-electron chi connectivity index (χ4n) is 4.23. The molecular weight excluding hydrogens is 360 g/mol. The highest BCUT2D eigenvalue weighted by Crippen LogP contribution is 2.33. The van der Waals surface area contributed by atoms with Crippen molar-refractivity contribution in [3.8, 4) is 16.9 Å². The van der Waals surface area contributed by atoms with Crippen LogP contribution in [0.25, 0.3) is 22.0 Å². The Kier molecular flexibility index (Phi) is 4.70. The summed E-state index contributed by atoms with van der Waals surface area (Å²) in [7, 11) is 0. The van der Waals surface area contributed by atoms with Crippen LogP contribution >= 0.6 is 0 Å². The van der Waals surface area contributed by atoms with E-state index in [0.717, 1.165) is 50.0 Å². The van der Waals surface area contributed by atoms with Gasteiger partial charge in [-0.25, -0.2) is 0 Å². The van der Waals surface area contributed by atoms with Gasteiger partial charge in [0.15, 0.2) is 0 Å². The number of aryl methyl sites for hydroxylation is 1. The summed E-state index contributed by atoms with van der Waals surface area (Å²) in [5, 5.41) is 1.17. The zero-order chi connectivity index (χ0) is 19.8. The molecule has 148 valence electrons.